The summed E-state index contributed by atoms with van der Waals surface area (Å²) in [5, 5.41) is 3.47. The summed E-state index contributed by atoms with van der Waals surface area (Å²) >= 11 is 5.79. The van der Waals surface area contributed by atoms with Gasteiger partial charge in [0.15, 0.2) is 0 Å². The Hall–Kier alpha value is -1.58. The molecule has 1 N–H and O–H groups in total. The maximum absolute atomic E-state index is 13.1. The second-order valence-corrected chi connectivity index (χ2v) is 5.42. The number of aryl methyl sites for hydroxylation is 1. The summed E-state index contributed by atoms with van der Waals surface area (Å²) in [5.41, 5.74) is 2.13. The highest BCUT2D eigenvalue weighted by Crippen LogP contribution is 2.20. The summed E-state index contributed by atoms with van der Waals surface area (Å²) in [5.74, 6) is 0.477. The van der Waals surface area contributed by atoms with Crippen molar-refractivity contribution in [1.82, 2.24) is 5.32 Å². The quantitative estimate of drug-likeness (QED) is 0.792. The smallest absolute Gasteiger partial charge is 0.141 e. The molecule has 0 saturated heterocycles. The average molecular weight is 308 g/mol. The van der Waals surface area contributed by atoms with Crippen molar-refractivity contribution < 1.29 is 9.13 Å². The summed E-state index contributed by atoms with van der Waals surface area (Å²) in [6, 6.07) is 12.8. The largest absolute Gasteiger partial charge is 0.492 e. The molecule has 0 aliphatic carbocycles. The van der Waals surface area contributed by atoms with Gasteiger partial charge in [-0.1, -0.05) is 29.8 Å². The normalized spacial score (nSPS) is 12.2. The van der Waals surface area contributed by atoms with E-state index in [1.807, 2.05) is 38.1 Å². The van der Waals surface area contributed by atoms with Crippen LogP contribution in [0, 0.1) is 12.7 Å². The van der Waals surface area contributed by atoms with Crippen LogP contribution in [0.3, 0.4) is 0 Å². The van der Waals surface area contributed by atoms with Crippen molar-refractivity contribution in [3.05, 3.63) is 64.4 Å². The van der Waals surface area contributed by atoms with Crippen LogP contribution in [0.25, 0.3) is 0 Å². The van der Waals surface area contributed by atoms with E-state index in [1.165, 1.54) is 11.6 Å². The molecule has 0 fully saturated rings. The fourth-order valence-corrected chi connectivity index (χ4v) is 2.24. The van der Waals surface area contributed by atoms with Gasteiger partial charge in [-0.2, -0.15) is 0 Å². The van der Waals surface area contributed by atoms with Gasteiger partial charge in [0.05, 0.1) is 5.02 Å². The highest BCUT2D eigenvalue weighted by atomic mass is 35.5. The van der Waals surface area contributed by atoms with Crippen LogP contribution in [0.4, 0.5) is 4.39 Å². The molecule has 0 saturated carbocycles. The van der Waals surface area contributed by atoms with E-state index in [0.717, 1.165) is 11.3 Å². The van der Waals surface area contributed by atoms with Crippen molar-refractivity contribution in [2.45, 2.75) is 19.9 Å². The van der Waals surface area contributed by atoms with Gasteiger partial charge in [-0.3, -0.25) is 0 Å². The van der Waals surface area contributed by atoms with E-state index in [0.29, 0.717) is 13.2 Å². The molecule has 0 amide bonds. The van der Waals surface area contributed by atoms with Gasteiger partial charge in [0, 0.05) is 12.6 Å². The van der Waals surface area contributed by atoms with Crippen molar-refractivity contribution >= 4 is 11.6 Å². The minimum atomic E-state index is -0.393. The molecule has 0 radical (unpaired) electrons. The molecule has 0 aliphatic heterocycles. The lowest BCUT2D eigenvalue weighted by Crippen LogP contribution is -2.24. The zero-order chi connectivity index (χ0) is 15.2. The molecule has 0 aliphatic rings. The first-order chi connectivity index (χ1) is 10.1. The predicted octanol–water partition coefficient (Wildman–Crippen LogP) is 4.52. The molecule has 112 valence electrons. The number of nitrogens with one attached hydrogen (secondary N) is 1. The number of hydrogen-bond donors (Lipinski definition) is 1. The SMILES string of the molecule is Cc1cccc(OCCNC(C)c2ccc(F)c(Cl)c2)c1. The molecule has 4 heteroatoms. The van der Waals surface area contributed by atoms with Gasteiger partial charge in [0.1, 0.15) is 18.2 Å². The van der Waals surface area contributed by atoms with Gasteiger partial charge in [-0.15, -0.1) is 0 Å². The molecule has 0 heterocycles. The molecule has 1 unspecified atom stereocenters. The monoisotopic (exact) mass is 307 g/mol. The van der Waals surface area contributed by atoms with E-state index in [2.05, 4.69) is 5.32 Å². The van der Waals surface area contributed by atoms with Crippen LogP contribution in [0.2, 0.25) is 5.02 Å². The third kappa shape index (κ3) is 4.73. The van der Waals surface area contributed by atoms with Crippen LogP contribution < -0.4 is 10.1 Å². The van der Waals surface area contributed by atoms with Gasteiger partial charge in [0.2, 0.25) is 0 Å². The number of ether oxygens (including phenoxy) is 1. The van der Waals surface area contributed by atoms with Crippen molar-refractivity contribution in [2.75, 3.05) is 13.2 Å². The first kappa shape index (κ1) is 15.8. The zero-order valence-corrected chi connectivity index (χ0v) is 13.0. The minimum Gasteiger partial charge on any atom is -0.492 e. The molecule has 21 heavy (non-hydrogen) atoms. The summed E-state index contributed by atoms with van der Waals surface area (Å²) in [6.45, 7) is 5.31. The van der Waals surface area contributed by atoms with Gasteiger partial charge >= 0.3 is 0 Å². The van der Waals surface area contributed by atoms with Crippen LogP contribution in [0.15, 0.2) is 42.5 Å². The maximum atomic E-state index is 13.1. The Kier molecular flexibility index (Phi) is 5.59. The molecule has 1 atom stereocenters. The lowest BCUT2D eigenvalue weighted by Gasteiger charge is -2.15. The number of benzene rings is 2. The van der Waals surface area contributed by atoms with Crippen LogP contribution in [0.1, 0.15) is 24.1 Å². The third-order valence-corrected chi connectivity index (χ3v) is 3.54. The maximum Gasteiger partial charge on any atom is 0.141 e. The Bertz CT molecular complexity index is 603. The van der Waals surface area contributed by atoms with Gasteiger partial charge in [-0.25, -0.2) is 4.39 Å². The number of hydrogen-bond acceptors (Lipinski definition) is 2. The highest BCUT2D eigenvalue weighted by Gasteiger charge is 2.07. The Labute approximate surface area is 129 Å². The first-order valence-corrected chi connectivity index (χ1v) is 7.32. The Morgan fingerprint density at radius 2 is 2.05 bits per heavy atom. The van der Waals surface area contributed by atoms with E-state index in [9.17, 15) is 4.39 Å². The molecule has 2 aromatic carbocycles. The van der Waals surface area contributed by atoms with Crippen LogP contribution >= 0.6 is 11.6 Å². The summed E-state index contributed by atoms with van der Waals surface area (Å²) in [4.78, 5) is 0. The molecular formula is C17H19ClFNO. The average Bonchev–Trinajstić information content (AvgIpc) is 2.46. The second-order valence-electron chi connectivity index (χ2n) is 5.01. The Morgan fingerprint density at radius 3 is 2.76 bits per heavy atom. The molecule has 0 bridgehead atoms. The Balaban J connectivity index is 1.79. The Morgan fingerprint density at radius 1 is 1.24 bits per heavy atom. The third-order valence-electron chi connectivity index (χ3n) is 3.25. The lowest BCUT2D eigenvalue weighted by atomic mass is 10.1. The fraction of sp³-hybridized carbons (Fsp3) is 0.294. The minimum absolute atomic E-state index is 0.0872. The molecule has 2 aromatic rings. The van der Waals surface area contributed by atoms with Gasteiger partial charge in [-0.05, 0) is 49.2 Å². The van der Waals surface area contributed by atoms with E-state index >= 15 is 0 Å². The van der Waals surface area contributed by atoms with Crippen LogP contribution in [0.5, 0.6) is 5.75 Å². The second kappa shape index (κ2) is 7.43. The van der Waals surface area contributed by atoms with E-state index in [4.69, 9.17) is 16.3 Å². The van der Waals surface area contributed by atoms with Crippen molar-refractivity contribution in [3.63, 3.8) is 0 Å². The fourth-order valence-electron chi connectivity index (χ4n) is 2.05. The van der Waals surface area contributed by atoms with Gasteiger partial charge < -0.3 is 10.1 Å². The standard InChI is InChI=1S/C17H19ClFNO/c1-12-4-3-5-15(10-12)21-9-8-20-13(2)14-6-7-17(19)16(18)11-14/h3-7,10-11,13,20H,8-9H2,1-2H3. The molecule has 0 aromatic heterocycles. The lowest BCUT2D eigenvalue weighted by molar-refractivity contribution is 0.307. The van der Waals surface area contributed by atoms with Crippen molar-refractivity contribution in [3.8, 4) is 5.75 Å². The predicted molar refractivity (Wildman–Crippen MR) is 84.5 cm³/mol. The van der Waals surface area contributed by atoms with E-state index < -0.39 is 5.82 Å². The summed E-state index contributed by atoms with van der Waals surface area (Å²) in [7, 11) is 0. The topological polar surface area (TPSA) is 21.3 Å². The van der Waals surface area contributed by atoms with Crippen molar-refractivity contribution in [1.29, 1.82) is 0 Å². The van der Waals surface area contributed by atoms with Crippen LogP contribution in [-0.2, 0) is 0 Å². The highest BCUT2D eigenvalue weighted by molar-refractivity contribution is 6.30. The van der Waals surface area contributed by atoms with Gasteiger partial charge in [0.25, 0.3) is 0 Å². The summed E-state index contributed by atoms with van der Waals surface area (Å²) in [6.07, 6.45) is 0. The van der Waals surface area contributed by atoms with E-state index in [-0.39, 0.29) is 11.1 Å². The zero-order valence-electron chi connectivity index (χ0n) is 12.2. The first-order valence-electron chi connectivity index (χ1n) is 6.94. The molecule has 2 nitrogen and oxygen atoms in total. The van der Waals surface area contributed by atoms with Crippen molar-refractivity contribution in [2.24, 2.45) is 0 Å². The molecule has 0 spiro atoms. The number of halogens is 2. The summed E-state index contributed by atoms with van der Waals surface area (Å²) < 4.78 is 18.8. The van der Waals surface area contributed by atoms with E-state index in [1.54, 1.807) is 12.1 Å². The van der Waals surface area contributed by atoms with Crippen LogP contribution in [-0.4, -0.2) is 13.2 Å². The molecule has 2 rings (SSSR count). The molecular weight excluding hydrogens is 289 g/mol. The number of rotatable bonds is 6.